The number of thiol groups is 1. The molecule has 16 heavy (non-hydrogen) atoms. The molecule has 2 rings (SSSR count). The first-order chi connectivity index (χ1) is 7.49. The SMILES string of the molecule is O=C1CC(S)CN1c1cc(F)c(Br)cc1F. The fourth-order valence-electron chi connectivity index (χ4n) is 1.64. The maximum Gasteiger partial charge on any atom is 0.228 e. The summed E-state index contributed by atoms with van der Waals surface area (Å²) >= 11 is 7.04. The second-order valence-electron chi connectivity index (χ2n) is 3.58. The first-order valence-corrected chi connectivity index (χ1v) is 5.93. The minimum absolute atomic E-state index is 0.0257. The summed E-state index contributed by atoms with van der Waals surface area (Å²) in [6, 6.07) is 2.03. The zero-order valence-electron chi connectivity index (χ0n) is 8.08. The van der Waals surface area contributed by atoms with Crippen LogP contribution >= 0.6 is 28.6 Å². The van der Waals surface area contributed by atoms with E-state index in [-0.39, 0.29) is 27.7 Å². The van der Waals surface area contributed by atoms with E-state index < -0.39 is 11.6 Å². The van der Waals surface area contributed by atoms with Crippen LogP contribution in [0.15, 0.2) is 16.6 Å². The van der Waals surface area contributed by atoms with Gasteiger partial charge < -0.3 is 4.90 Å². The molecule has 1 amide bonds. The Bertz CT molecular complexity index is 455. The van der Waals surface area contributed by atoms with Crippen LogP contribution in [0.25, 0.3) is 0 Å². The highest BCUT2D eigenvalue weighted by atomic mass is 79.9. The maximum absolute atomic E-state index is 13.6. The number of rotatable bonds is 1. The molecule has 0 radical (unpaired) electrons. The van der Waals surface area contributed by atoms with Gasteiger partial charge >= 0.3 is 0 Å². The number of nitrogens with zero attached hydrogens (tertiary/aromatic N) is 1. The van der Waals surface area contributed by atoms with Gasteiger partial charge in [-0.1, -0.05) is 0 Å². The van der Waals surface area contributed by atoms with E-state index in [9.17, 15) is 13.6 Å². The van der Waals surface area contributed by atoms with Crippen LogP contribution in [0.3, 0.4) is 0 Å². The van der Waals surface area contributed by atoms with Gasteiger partial charge in [-0.3, -0.25) is 4.79 Å². The summed E-state index contributed by atoms with van der Waals surface area (Å²) < 4.78 is 26.9. The Balaban J connectivity index is 2.41. The van der Waals surface area contributed by atoms with Gasteiger partial charge in [0.25, 0.3) is 0 Å². The molecule has 1 aromatic rings. The molecule has 1 heterocycles. The van der Waals surface area contributed by atoms with E-state index in [1.165, 1.54) is 4.90 Å². The van der Waals surface area contributed by atoms with Gasteiger partial charge in [0.2, 0.25) is 5.91 Å². The molecular formula is C10H8BrF2NOS. The Hall–Kier alpha value is -0.620. The van der Waals surface area contributed by atoms with Crippen molar-refractivity contribution in [3.63, 3.8) is 0 Å². The van der Waals surface area contributed by atoms with Gasteiger partial charge in [-0.15, -0.1) is 0 Å². The Morgan fingerprint density at radius 3 is 2.62 bits per heavy atom. The lowest BCUT2D eigenvalue weighted by Gasteiger charge is -2.17. The lowest BCUT2D eigenvalue weighted by Crippen LogP contribution is -2.25. The highest BCUT2D eigenvalue weighted by molar-refractivity contribution is 9.10. The van der Waals surface area contributed by atoms with Gasteiger partial charge in [0.1, 0.15) is 11.6 Å². The highest BCUT2D eigenvalue weighted by Crippen LogP contribution is 2.30. The zero-order valence-corrected chi connectivity index (χ0v) is 10.6. The molecule has 0 aliphatic carbocycles. The molecule has 1 aromatic carbocycles. The minimum atomic E-state index is -0.621. The number of anilines is 1. The minimum Gasteiger partial charge on any atom is -0.308 e. The Morgan fingerprint density at radius 1 is 1.38 bits per heavy atom. The van der Waals surface area contributed by atoms with E-state index in [1.807, 2.05) is 0 Å². The summed E-state index contributed by atoms with van der Waals surface area (Å²) in [7, 11) is 0. The van der Waals surface area contributed by atoms with E-state index >= 15 is 0 Å². The summed E-state index contributed by atoms with van der Waals surface area (Å²) in [5.41, 5.74) is -0.0257. The van der Waals surface area contributed by atoms with Crippen LogP contribution in [0, 0.1) is 11.6 Å². The second kappa shape index (κ2) is 4.33. The summed E-state index contributed by atoms with van der Waals surface area (Å²) in [5.74, 6) is -1.45. The maximum atomic E-state index is 13.6. The van der Waals surface area contributed by atoms with Crippen molar-refractivity contribution in [3.8, 4) is 0 Å². The average Bonchev–Trinajstić information content (AvgIpc) is 2.51. The van der Waals surface area contributed by atoms with Crippen molar-refractivity contribution in [2.24, 2.45) is 0 Å². The molecule has 1 aliphatic heterocycles. The van der Waals surface area contributed by atoms with E-state index in [2.05, 4.69) is 28.6 Å². The molecule has 86 valence electrons. The molecule has 0 spiro atoms. The first-order valence-electron chi connectivity index (χ1n) is 4.62. The number of carbonyl (C=O) groups excluding carboxylic acids is 1. The van der Waals surface area contributed by atoms with Gasteiger partial charge in [-0.25, -0.2) is 8.78 Å². The standard InChI is InChI=1S/C10H8BrF2NOS/c11-6-2-8(13)9(3-7(6)12)14-4-5(16)1-10(14)15/h2-3,5,16H,1,4H2. The molecule has 1 saturated heterocycles. The lowest BCUT2D eigenvalue weighted by molar-refractivity contribution is -0.117. The Kier molecular flexibility index (Phi) is 3.21. The topological polar surface area (TPSA) is 20.3 Å². The summed E-state index contributed by atoms with van der Waals surface area (Å²) in [4.78, 5) is 12.7. The van der Waals surface area contributed by atoms with Crippen LogP contribution in [0.5, 0.6) is 0 Å². The second-order valence-corrected chi connectivity index (χ2v) is 5.16. The van der Waals surface area contributed by atoms with Crippen molar-refractivity contribution in [3.05, 3.63) is 28.2 Å². The predicted molar refractivity (Wildman–Crippen MR) is 63.8 cm³/mol. The van der Waals surface area contributed by atoms with E-state index in [0.717, 1.165) is 12.1 Å². The molecule has 1 fully saturated rings. The number of halogens is 3. The molecule has 2 nitrogen and oxygen atoms in total. The van der Waals surface area contributed by atoms with Crippen LogP contribution < -0.4 is 4.90 Å². The number of amides is 1. The van der Waals surface area contributed by atoms with Gasteiger partial charge in [0.15, 0.2) is 0 Å². The van der Waals surface area contributed by atoms with Crippen LogP contribution in [0.4, 0.5) is 14.5 Å². The fourth-order valence-corrected chi connectivity index (χ4v) is 2.28. The molecule has 0 N–H and O–H groups in total. The first kappa shape index (κ1) is 11.9. The molecule has 1 atom stereocenters. The molecule has 1 aliphatic rings. The van der Waals surface area contributed by atoms with E-state index in [1.54, 1.807) is 0 Å². The lowest BCUT2D eigenvalue weighted by atomic mass is 10.2. The van der Waals surface area contributed by atoms with Crippen molar-refractivity contribution in [2.45, 2.75) is 11.7 Å². The van der Waals surface area contributed by atoms with Crippen LogP contribution in [-0.2, 0) is 4.79 Å². The van der Waals surface area contributed by atoms with Crippen LogP contribution in [0.2, 0.25) is 0 Å². The zero-order chi connectivity index (χ0) is 11.9. The monoisotopic (exact) mass is 307 g/mol. The molecule has 1 unspecified atom stereocenters. The predicted octanol–water partition coefficient (Wildman–Crippen LogP) is 2.76. The molecule has 0 bridgehead atoms. The number of hydrogen-bond donors (Lipinski definition) is 1. The van der Waals surface area contributed by atoms with Crippen LogP contribution in [0.1, 0.15) is 6.42 Å². The number of hydrogen-bond acceptors (Lipinski definition) is 2. The number of carbonyl (C=O) groups is 1. The van der Waals surface area contributed by atoms with Crippen molar-refractivity contribution >= 4 is 40.2 Å². The third kappa shape index (κ3) is 2.08. The fraction of sp³-hybridized carbons (Fsp3) is 0.300. The summed E-state index contributed by atoms with van der Waals surface area (Å²) in [6.07, 6.45) is 0.250. The molecule has 0 saturated carbocycles. The summed E-state index contributed by atoms with van der Waals surface area (Å²) in [6.45, 7) is 0.305. The largest absolute Gasteiger partial charge is 0.308 e. The normalized spacial score (nSPS) is 20.6. The van der Waals surface area contributed by atoms with Gasteiger partial charge in [0.05, 0.1) is 10.2 Å². The Labute approximate surface area is 105 Å². The quantitative estimate of drug-likeness (QED) is 0.625. The van der Waals surface area contributed by atoms with E-state index in [4.69, 9.17) is 0 Å². The Morgan fingerprint density at radius 2 is 2.06 bits per heavy atom. The number of benzene rings is 1. The van der Waals surface area contributed by atoms with Crippen LogP contribution in [-0.4, -0.2) is 17.7 Å². The third-order valence-electron chi connectivity index (χ3n) is 2.39. The van der Waals surface area contributed by atoms with Crippen molar-refractivity contribution in [2.75, 3.05) is 11.4 Å². The molecule has 6 heteroatoms. The van der Waals surface area contributed by atoms with Crippen molar-refractivity contribution < 1.29 is 13.6 Å². The van der Waals surface area contributed by atoms with E-state index in [0.29, 0.717) is 6.54 Å². The average molecular weight is 308 g/mol. The third-order valence-corrected chi connectivity index (χ3v) is 3.34. The van der Waals surface area contributed by atoms with Crippen molar-refractivity contribution in [1.82, 2.24) is 0 Å². The van der Waals surface area contributed by atoms with Gasteiger partial charge in [0, 0.05) is 24.3 Å². The molecule has 0 aromatic heterocycles. The smallest absolute Gasteiger partial charge is 0.228 e. The van der Waals surface area contributed by atoms with Gasteiger partial charge in [-0.2, -0.15) is 12.6 Å². The van der Waals surface area contributed by atoms with Crippen molar-refractivity contribution in [1.29, 1.82) is 0 Å². The highest BCUT2D eigenvalue weighted by Gasteiger charge is 2.30. The van der Waals surface area contributed by atoms with Gasteiger partial charge in [-0.05, 0) is 22.0 Å². The summed E-state index contributed by atoms with van der Waals surface area (Å²) in [5, 5.41) is -0.126. The molecular weight excluding hydrogens is 300 g/mol.